The third kappa shape index (κ3) is 3.29. The minimum atomic E-state index is -0.666. The predicted octanol–water partition coefficient (Wildman–Crippen LogP) is 0.730. The second-order valence-electron chi connectivity index (χ2n) is 8.33. The molecule has 2 amide bonds. The molecule has 3 aliphatic rings. The molecule has 5 rings (SSSR count). The largest absolute Gasteiger partial charge is 0.338 e. The number of rotatable bonds is 3. The van der Waals surface area contributed by atoms with E-state index in [4.69, 9.17) is 5.73 Å². The van der Waals surface area contributed by atoms with E-state index >= 15 is 0 Å². The Balaban J connectivity index is 1.24. The first-order chi connectivity index (χ1) is 14.5. The van der Waals surface area contributed by atoms with E-state index in [0.29, 0.717) is 38.4 Å². The fourth-order valence-electron chi connectivity index (χ4n) is 4.34. The number of nitrogens with two attached hydrogens (primary N) is 1. The molecule has 0 bridgehead atoms. The van der Waals surface area contributed by atoms with Gasteiger partial charge in [0.25, 0.3) is 5.91 Å². The van der Waals surface area contributed by atoms with Crippen molar-refractivity contribution in [3.8, 4) is 11.1 Å². The molecule has 0 spiro atoms. The second-order valence-corrected chi connectivity index (χ2v) is 8.33. The summed E-state index contributed by atoms with van der Waals surface area (Å²) in [5.74, 6) is 0.0431. The first kappa shape index (κ1) is 18.9. The normalized spacial score (nSPS) is 19.4. The zero-order valence-electron chi connectivity index (χ0n) is 16.9. The lowest BCUT2D eigenvalue weighted by Crippen LogP contribution is -2.62. The number of benzene rings is 2. The topological polar surface area (TPSA) is 91.4 Å². The zero-order chi connectivity index (χ0) is 20.7. The van der Waals surface area contributed by atoms with Gasteiger partial charge in [0.1, 0.15) is 6.67 Å². The molecule has 0 unspecified atom stereocenters. The van der Waals surface area contributed by atoms with Gasteiger partial charge in [-0.2, -0.15) is 0 Å². The molecular formula is C23H25N5O2. The molecule has 1 aliphatic carbocycles. The Morgan fingerprint density at radius 1 is 0.833 bits per heavy atom. The highest BCUT2D eigenvalue weighted by Crippen LogP contribution is 2.31. The van der Waals surface area contributed by atoms with Crippen LogP contribution >= 0.6 is 0 Å². The van der Waals surface area contributed by atoms with Gasteiger partial charge in [0.15, 0.2) is 0 Å². The Bertz CT molecular complexity index is 1110. The van der Waals surface area contributed by atoms with Crippen LogP contribution in [0.3, 0.4) is 0 Å². The monoisotopic (exact) mass is 403 g/mol. The molecule has 7 heteroatoms. The summed E-state index contributed by atoms with van der Waals surface area (Å²) in [6, 6.07) is 13.7. The Morgan fingerprint density at radius 3 is 2.13 bits per heavy atom. The van der Waals surface area contributed by atoms with Crippen molar-refractivity contribution in [2.24, 2.45) is 15.7 Å². The van der Waals surface area contributed by atoms with Crippen molar-refractivity contribution in [2.75, 3.05) is 32.8 Å². The highest BCUT2D eigenvalue weighted by atomic mass is 16.2. The van der Waals surface area contributed by atoms with Gasteiger partial charge in [-0.3, -0.25) is 19.6 Å². The zero-order valence-corrected chi connectivity index (χ0v) is 16.9. The number of hydrogen-bond acceptors (Lipinski definition) is 5. The van der Waals surface area contributed by atoms with Crippen molar-refractivity contribution >= 4 is 11.8 Å². The average Bonchev–Trinajstić information content (AvgIpc) is 3.24. The Kier molecular flexibility index (Phi) is 4.62. The van der Waals surface area contributed by atoms with Crippen LogP contribution < -0.4 is 16.4 Å². The number of amides is 2. The van der Waals surface area contributed by atoms with Crippen LogP contribution in [0.5, 0.6) is 0 Å². The molecule has 2 aliphatic heterocycles. The lowest BCUT2D eigenvalue weighted by molar-refractivity contribution is -0.141. The first-order valence-corrected chi connectivity index (χ1v) is 10.5. The fraction of sp³-hybridized carbons (Fsp3) is 0.391. The van der Waals surface area contributed by atoms with Gasteiger partial charge in [0, 0.05) is 31.7 Å². The van der Waals surface area contributed by atoms with Crippen molar-refractivity contribution in [1.82, 2.24) is 9.80 Å². The molecule has 0 aromatic heterocycles. The van der Waals surface area contributed by atoms with Crippen LogP contribution in [0, 0.1) is 0 Å². The van der Waals surface area contributed by atoms with Crippen LogP contribution in [0.4, 0.5) is 0 Å². The lowest BCUT2D eigenvalue weighted by atomic mass is 9.76. The van der Waals surface area contributed by atoms with Crippen molar-refractivity contribution in [2.45, 2.75) is 24.8 Å². The molecule has 154 valence electrons. The maximum atomic E-state index is 12.9. The minimum Gasteiger partial charge on any atom is -0.338 e. The van der Waals surface area contributed by atoms with E-state index in [1.165, 1.54) is 0 Å². The van der Waals surface area contributed by atoms with Crippen molar-refractivity contribution in [3.63, 3.8) is 0 Å². The summed E-state index contributed by atoms with van der Waals surface area (Å²) in [6.45, 7) is 2.67. The summed E-state index contributed by atoms with van der Waals surface area (Å²) in [5.41, 5.74) is 8.27. The number of nitrogens with zero attached hydrogens (tertiary/aromatic N) is 4. The van der Waals surface area contributed by atoms with Crippen LogP contribution in [0.15, 0.2) is 52.4 Å². The molecule has 0 atom stereocenters. The Hall–Kier alpha value is -3.06. The van der Waals surface area contributed by atoms with Gasteiger partial charge < -0.3 is 15.5 Å². The summed E-state index contributed by atoms with van der Waals surface area (Å²) < 4.78 is 0. The van der Waals surface area contributed by atoms with E-state index in [9.17, 15) is 9.59 Å². The van der Waals surface area contributed by atoms with Gasteiger partial charge in [-0.15, -0.1) is 0 Å². The molecule has 1 saturated heterocycles. The molecule has 2 aromatic carbocycles. The van der Waals surface area contributed by atoms with E-state index in [1.807, 2.05) is 52.3 Å². The summed E-state index contributed by atoms with van der Waals surface area (Å²) in [7, 11) is 0. The number of fused-ring (bicyclic) bond motifs is 1. The van der Waals surface area contributed by atoms with Gasteiger partial charge in [-0.25, -0.2) is 0 Å². The van der Waals surface area contributed by atoms with Crippen molar-refractivity contribution in [3.05, 3.63) is 58.7 Å². The van der Waals surface area contributed by atoms with Gasteiger partial charge >= 0.3 is 0 Å². The molecular weight excluding hydrogens is 378 g/mol. The number of hydrogen-bond donors (Lipinski definition) is 1. The quantitative estimate of drug-likeness (QED) is 0.819. The predicted molar refractivity (Wildman–Crippen MR) is 112 cm³/mol. The van der Waals surface area contributed by atoms with Crippen molar-refractivity contribution in [1.29, 1.82) is 0 Å². The SMILES string of the molecule is NC1(C(=O)N2CCN(C(=O)c3ccc(-c4ccc5c(c4)=NCN=5)cc3)CC2)CCC1. The standard InChI is InChI=1S/C23H25N5O2/c24-23(8-1-9-23)22(30)28-12-10-27(11-13-28)21(29)17-4-2-16(3-5-17)18-6-7-19-20(14-18)26-15-25-19/h2-7,14H,1,8-13,15,24H2. The maximum absolute atomic E-state index is 12.9. The van der Waals surface area contributed by atoms with Gasteiger partial charge in [0.05, 0.1) is 16.3 Å². The number of piperazine rings is 1. The molecule has 1 saturated carbocycles. The highest BCUT2D eigenvalue weighted by Gasteiger charge is 2.43. The summed E-state index contributed by atoms with van der Waals surface area (Å²) in [4.78, 5) is 37.8. The van der Waals surface area contributed by atoms with Gasteiger partial charge in [-0.1, -0.05) is 18.2 Å². The minimum absolute atomic E-state index is 0.00232. The van der Waals surface area contributed by atoms with Crippen LogP contribution in [0.2, 0.25) is 0 Å². The first-order valence-electron chi connectivity index (χ1n) is 10.5. The van der Waals surface area contributed by atoms with Gasteiger partial charge in [-0.05, 0) is 54.7 Å². The second kappa shape index (κ2) is 7.32. The van der Waals surface area contributed by atoms with Crippen LogP contribution in [-0.4, -0.2) is 60.0 Å². The smallest absolute Gasteiger partial charge is 0.253 e. The molecule has 0 radical (unpaired) electrons. The molecule has 7 nitrogen and oxygen atoms in total. The van der Waals surface area contributed by atoms with E-state index in [2.05, 4.69) is 9.98 Å². The van der Waals surface area contributed by atoms with E-state index in [1.54, 1.807) is 0 Å². The maximum Gasteiger partial charge on any atom is 0.253 e. The summed E-state index contributed by atoms with van der Waals surface area (Å²) in [5, 5.41) is 1.85. The summed E-state index contributed by atoms with van der Waals surface area (Å²) >= 11 is 0. The molecule has 2 fully saturated rings. The summed E-state index contributed by atoms with van der Waals surface area (Å²) in [6.07, 6.45) is 2.56. The third-order valence-corrected chi connectivity index (χ3v) is 6.45. The fourth-order valence-corrected chi connectivity index (χ4v) is 4.34. The molecule has 30 heavy (non-hydrogen) atoms. The third-order valence-electron chi connectivity index (χ3n) is 6.45. The van der Waals surface area contributed by atoms with E-state index < -0.39 is 5.54 Å². The lowest BCUT2D eigenvalue weighted by Gasteiger charge is -2.43. The number of carbonyl (C=O) groups excluding carboxylic acids is 2. The van der Waals surface area contributed by atoms with E-state index in [-0.39, 0.29) is 11.8 Å². The highest BCUT2D eigenvalue weighted by molar-refractivity contribution is 5.95. The van der Waals surface area contributed by atoms with Crippen LogP contribution in [-0.2, 0) is 4.79 Å². The average molecular weight is 403 g/mol. The number of carbonyl (C=O) groups is 2. The Labute approximate surface area is 174 Å². The van der Waals surface area contributed by atoms with Crippen molar-refractivity contribution < 1.29 is 9.59 Å². The van der Waals surface area contributed by atoms with Crippen LogP contribution in [0.1, 0.15) is 29.6 Å². The Morgan fingerprint density at radius 2 is 1.47 bits per heavy atom. The molecule has 2 heterocycles. The molecule has 2 N–H and O–H groups in total. The van der Waals surface area contributed by atoms with Gasteiger partial charge in [0.2, 0.25) is 5.91 Å². The van der Waals surface area contributed by atoms with Crippen LogP contribution in [0.25, 0.3) is 11.1 Å². The molecule has 2 aromatic rings. The van der Waals surface area contributed by atoms with E-state index in [0.717, 1.165) is 41.1 Å².